The normalized spacial score (nSPS) is 10.2. The van der Waals surface area contributed by atoms with Gasteiger partial charge in [-0.15, -0.1) is 17.0 Å². The third kappa shape index (κ3) is 6.77. The average molecular weight is 292 g/mol. The molecular weight excluding hydrogens is 280 g/mol. The van der Waals surface area contributed by atoms with Gasteiger partial charge in [-0.05, 0) is 13.8 Å². The number of rotatable bonds is 3. The van der Waals surface area contributed by atoms with Crippen molar-refractivity contribution in [3.05, 3.63) is 0 Å². The van der Waals surface area contributed by atoms with E-state index >= 15 is 0 Å². The van der Waals surface area contributed by atoms with Crippen LogP contribution in [0.5, 0.6) is 0 Å². The van der Waals surface area contributed by atoms with Crippen molar-refractivity contribution in [2.45, 2.75) is 18.2 Å². The minimum Gasteiger partial charge on any atom is -0.462 e. The fraction of sp³-hybridized carbons (Fsp3) is 0.833. The second-order valence-corrected chi connectivity index (χ2v) is 4.31. The number of esters is 1. The molecule has 0 radical (unpaired) electrons. The van der Waals surface area contributed by atoms with E-state index in [1.165, 1.54) is 0 Å². The first kappa shape index (κ1) is 13.9. The SMILES string of the molecule is Br.CC(C)(Br)C(=O)OCCO. The van der Waals surface area contributed by atoms with Gasteiger partial charge in [0, 0.05) is 0 Å². The van der Waals surface area contributed by atoms with Gasteiger partial charge in [0.1, 0.15) is 10.9 Å². The molecule has 68 valence electrons. The van der Waals surface area contributed by atoms with Crippen LogP contribution in [0.1, 0.15) is 13.8 Å². The summed E-state index contributed by atoms with van der Waals surface area (Å²) in [5, 5.41) is 8.29. The predicted molar refractivity (Wildman–Crippen MR) is 51.4 cm³/mol. The van der Waals surface area contributed by atoms with Gasteiger partial charge in [0.25, 0.3) is 0 Å². The molecule has 0 fully saturated rings. The van der Waals surface area contributed by atoms with Crippen molar-refractivity contribution in [3.63, 3.8) is 0 Å². The summed E-state index contributed by atoms with van der Waals surface area (Å²) in [4.78, 5) is 10.8. The Labute approximate surface area is 85.0 Å². The van der Waals surface area contributed by atoms with Crippen molar-refractivity contribution in [1.82, 2.24) is 0 Å². The van der Waals surface area contributed by atoms with E-state index in [1.54, 1.807) is 13.8 Å². The van der Waals surface area contributed by atoms with Gasteiger partial charge in [-0.1, -0.05) is 15.9 Å². The summed E-state index contributed by atoms with van der Waals surface area (Å²) in [6.07, 6.45) is 0. The predicted octanol–water partition coefficient (Wildman–Crippen LogP) is 1.27. The number of aliphatic hydroxyl groups is 1. The highest BCUT2D eigenvalue weighted by molar-refractivity contribution is 9.10. The van der Waals surface area contributed by atoms with Crippen LogP contribution in [-0.4, -0.2) is 28.6 Å². The van der Waals surface area contributed by atoms with Gasteiger partial charge in [-0.25, -0.2) is 0 Å². The number of halogens is 2. The topological polar surface area (TPSA) is 46.5 Å². The van der Waals surface area contributed by atoms with Crippen LogP contribution in [0.4, 0.5) is 0 Å². The fourth-order valence-electron chi connectivity index (χ4n) is 0.310. The van der Waals surface area contributed by atoms with Gasteiger partial charge in [-0.2, -0.15) is 0 Å². The van der Waals surface area contributed by atoms with E-state index in [2.05, 4.69) is 20.7 Å². The molecule has 0 atom stereocenters. The molecule has 0 bridgehead atoms. The second kappa shape index (κ2) is 5.97. The first-order chi connectivity index (χ1) is 4.48. The van der Waals surface area contributed by atoms with E-state index in [9.17, 15) is 4.79 Å². The van der Waals surface area contributed by atoms with Crippen LogP contribution in [-0.2, 0) is 9.53 Å². The molecule has 0 aromatic rings. The Kier molecular flexibility index (Phi) is 7.57. The maximum atomic E-state index is 10.8. The lowest BCUT2D eigenvalue weighted by Crippen LogP contribution is -2.27. The first-order valence-electron chi connectivity index (χ1n) is 2.95. The van der Waals surface area contributed by atoms with Gasteiger partial charge >= 0.3 is 5.97 Å². The molecule has 3 nitrogen and oxygen atoms in total. The van der Waals surface area contributed by atoms with E-state index in [0.29, 0.717) is 0 Å². The molecule has 0 aromatic heterocycles. The van der Waals surface area contributed by atoms with Crippen LogP contribution in [0, 0.1) is 0 Å². The molecule has 0 rings (SSSR count). The molecular formula is C6H12Br2O3. The quantitative estimate of drug-likeness (QED) is 0.629. The maximum absolute atomic E-state index is 10.8. The van der Waals surface area contributed by atoms with Gasteiger partial charge in [0.2, 0.25) is 0 Å². The van der Waals surface area contributed by atoms with Gasteiger partial charge in [0.05, 0.1) is 6.61 Å². The van der Waals surface area contributed by atoms with Crippen LogP contribution in [0.2, 0.25) is 0 Å². The van der Waals surface area contributed by atoms with Crippen LogP contribution < -0.4 is 0 Å². The Morgan fingerprint density at radius 3 is 2.36 bits per heavy atom. The summed E-state index contributed by atoms with van der Waals surface area (Å²) < 4.78 is 3.97. The zero-order valence-electron chi connectivity index (χ0n) is 6.46. The fourth-order valence-corrected chi connectivity index (χ4v) is 0.424. The van der Waals surface area contributed by atoms with Crippen molar-refractivity contribution >= 4 is 38.9 Å². The summed E-state index contributed by atoms with van der Waals surface area (Å²) in [6.45, 7) is 3.31. The first-order valence-corrected chi connectivity index (χ1v) is 3.75. The summed E-state index contributed by atoms with van der Waals surface area (Å²) in [5.41, 5.74) is 0. The molecule has 0 saturated heterocycles. The minimum absolute atomic E-state index is 0. The number of carbonyl (C=O) groups excluding carboxylic acids is 1. The van der Waals surface area contributed by atoms with Crippen LogP contribution in [0.25, 0.3) is 0 Å². The van der Waals surface area contributed by atoms with Crippen molar-refractivity contribution in [2.24, 2.45) is 0 Å². The molecule has 0 amide bonds. The number of carbonyl (C=O) groups is 1. The van der Waals surface area contributed by atoms with Crippen LogP contribution >= 0.6 is 32.9 Å². The highest BCUT2D eigenvalue weighted by Crippen LogP contribution is 2.16. The maximum Gasteiger partial charge on any atom is 0.322 e. The van der Waals surface area contributed by atoms with Crippen LogP contribution in [0.3, 0.4) is 0 Å². The summed E-state index contributed by atoms with van der Waals surface area (Å²) in [5.74, 6) is -0.360. The lowest BCUT2D eigenvalue weighted by molar-refractivity contribution is -0.146. The molecule has 0 spiro atoms. The van der Waals surface area contributed by atoms with Crippen molar-refractivity contribution in [3.8, 4) is 0 Å². The van der Waals surface area contributed by atoms with Gasteiger partial charge in [-0.3, -0.25) is 4.79 Å². The molecule has 0 heterocycles. The third-order valence-corrected chi connectivity index (χ3v) is 1.13. The molecule has 0 aliphatic rings. The van der Waals surface area contributed by atoms with Crippen molar-refractivity contribution in [2.75, 3.05) is 13.2 Å². The van der Waals surface area contributed by atoms with E-state index in [0.717, 1.165) is 0 Å². The van der Waals surface area contributed by atoms with E-state index in [4.69, 9.17) is 5.11 Å². The number of aliphatic hydroxyl groups excluding tert-OH is 1. The molecule has 1 N–H and O–H groups in total. The Bertz CT molecular complexity index is 119. The average Bonchev–Trinajstić information content (AvgIpc) is 1.80. The Morgan fingerprint density at radius 2 is 2.09 bits per heavy atom. The van der Waals surface area contributed by atoms with Crippen LogP contribution in [0.15, 0.2) is 0 Å². The summed E-state index contributed by atoms with van der Waals surface area (Å²) in [7, 11) is 0. The third-order valence-electron chi connectivity index (χ3n) is 0.810. The zero-order chi connectivity index (χ0) is 8.20. The van der Waals surface area contributed by atoms with E-state index in [-0.39, 0.29) is 36.2 Å². The molecule has 5 heteroatoms. The van der Waals surface area contributed by atoms with E-state index in [1.807, 2.05) is 0 Å². The number of hydrogen-bond donors (Lipinski definition) is 1. The monoisotopic (exact) mass is 290 g/mol. The molecule has 0 saturated carbocycles. The molecule has 0 unspecified atom stereocenters. The lowest BCUT2D eigenvalue weighted by atomic mass is 10.2. The molecule has 0 aromatic carbocycles. The lowest BCUT2D eigenvalue weighted by Gasteiger charge is -2.13. The Balaban J connectivity index is 0. The molecule has 11 heavy (non-hydrogen) atoms. The van der Waals surface area contributed by atoms with E-state index < -0.39 is 4.32 Å². The minimum atomic E-state index is -0.651. The number of alkyl halides is 1. The Morgan fingerprint density at radius 1 is 1.64 bits per heavy atom. The van der Waals surface area contributed by atoms with Crippen molar-refractivity contribution < 1.29 is 14.6 Å². The van der Waals surface area contributed by atoms with Gasteiger partial charge in [0.15, 0.2) is 0 Å². The standard InChI is InChI=1S/C6H11BrO3.BrH/c1-6(2,7)5(9)10-4-3-8;/h8H,3-4H2,1-2H3;1H. The molecule has 0 aliphatic carbocycles. The summed E-state index contributed by atoms with van der Waals surface area (Å²) >= 11 is 3.12. The summed E-state index contributed by atoms with van der Waals surface area (Å²) in [6, 6.07) is 0. The smallest absolute Gasteiger partial charge is 0.322 e. The number of hydrogen-bond acceptors (Lipinski definition) is 3. The van der Waals surface area contributed by atoms with Gasteiger partial charge < -0.3 is 9.84 Å². The molecule has 0 aliphatic heterocycles. The Hall–Kier alpha value is 0.390. The highest BCUT2D eigenvalue weighted by Gasteiger charge is 2.24. The van der Waals surface area contributed by atoms with Crippen molar-refractivity contribution in [1.29, 1.82) is 0 Å². The highest BCUT2D eigenvalue weighted by atomic mass is 79.9. The second-order valence-electron chi connectivity index (χ2n) is 2.33. The zero-order valence-corrected chi connectivity index (χ0v) is 9.76. The largest absolute Gasteiger partial charge is 0.462 e. The number of ether oxygens (including phenoxy) is 1.